The highest BCUT2D eigenvalue weighted by atomic mass is 32.2. The molecule has 0 radical (unpaired) electrons. The zero-order chi connectivity index (χ0) is 27.0. The van der Waals surface area contributed by atoms with Gasteiger partial charge < -0.3 is 26.1 Å². The van der Waals surface area contributed by atoms with Crippen molar-refractivity contribution in [3.05, 3.63) is 53.9 Å². The SMILES string of the molecule is Nc1nc(C(=NOCC(=O)O)C(=O)N[C@@H]2C(=O)N3C(C(=O)O)=C(C[n+]4ccn5ccccc54)CS[C@@H]23)ns1. The number of fused-ring (bicyclic) bond motifs is 2. The number of thioether (sulfide) groups is 1. The Morgan fingerprint density at radius 3 is 2.82 bits per heavy atom. The lowest BCUT2D eigenvalue weighted by Gasteiger charge is -2.49. The number of nitrogens with two attached hydrogens (primary N) is 1. The maximum Gasteiger partial charge on any atom is 0.352 e. The fourth-order valence-electron chi connectivity index (χ4n) is 4.07. The third kappa shape index (κ3) is 4.63. The van der Waals surface area contributed by atoms with Crippen molar-refractivity contribution in [2.75, 3.05) is 18.1 Å². The molecule has 0 spiro atoms. The van der Waals surface area contributed by atoms with E-state index in [0.717, 1.165) is 22.1 Å². The molecule has 196 valence electrons. The molecular formula is C21H19N8O7S2+. The average molecular weight is 560 g/mol. The molecule has 5 heterocycles. The number of β-lactam (4-membered cyclic amide) rings is 1. The van der Waals surface area contributed by atoms with Crippen LogP contribution in [0.25, 0.3) is 5.65 Å². The molecule has 38 heavy (non-hydrogen) atoms. The van der Waals surface area contributed by atoms with Crippen molar-refractivity contribution >= 4 is 63.5 Å². The molecule has 0 saturated carbocycles. The van der Waals surface area contributed by atoms with E-state index < -0.39 is 47.5 Å². The number of nitrogens with zero attached hydrogens (tertiary/aromatic N) is 6. The van der Waals surface area contributed by atoms with Gasteiger partial charge in [-0.15, -0.1) is 11.8 Å². The summed E-state index contributed by atoms with van der Waals surface area (Å²) in [6.07, 6.45) is 5.54. The van der Waals surface area contributed by atoms with Gasteiger partial charge in [0.15, 0.2) is 5.13 Å². The molecule has 0 bridgehead atoms. The smallest absolute Gasteiger partial charge is 0.352 e. The summed E-state index contributed by atoms with van der Waals surface area (Å²) in [6, 6.07) is 4.58. The molecule has 1 fully saturated rings. The van der Waals surface area contributed by atoms with Crippen LogP contribution in [0.2, 0.25) is 0 Å². The molecule has 1 saturated heterocycles. The lowest BCUT2D eigenvalue weighted by molar-refractivity contribution is -0.662. The maximum absolute atomic E-state index is 13.1. The van der Waals surface area contributed by atoms with Crippen LogP contribution < -0.4 is 15.6 Å². The molecule has 3 aromatic rings. The van der Waals surface area contributed by atoms with Crippen LogP contribution in [0.15, 0.2) is 53.2 Å². The lowest BCUT2D eigenvalue weighted by atomic mass is 10.0. The van der Waals surface area contributed by atoms with Gasteiger partial charge in [-0.3, -0.25) is 14.5 Å². The molecule has 3 aromatic heterocycles. The molecular weight excluding hydrogens is 540 g/mol. The summed E-state index contributed by atoms with van der Waals surface area (Å²) in [4.78, 5) is 58.7. The van der Waals surface area contributed by atoms with Gasteiger partial charge in [0.2, 0.25) is 18.1 Å². The molecule has 17 heteroatoms. The quantitative estimate of drug-likeness (QED) is 0.107. The molecule has 2 aliphatic heterocycles. The first-order valence-corrected chi connectivity index (χ1v) is 12.7. The number of amides is 2. The van der Waals surface area contributed by atoms with Gasteiger partial charge >= 0.3 is 11.9 Å². The van der Waals surface area contributed by atoms with Gasteiger partial charge in [0.05, 0.1) is 6.20 Å². The molecule has 15 nitrogen and oxygen atoms in total. The van der Waals surface area contributed by atoms with Crippen LogP contribution in [0.3, 0.4) is 0 Å². The Kier molecular flexibility index (Phi) is 6.68. The minimum atomic E-state index is -1.32. The third-order valence-electron chi connectivity index (χ3n) is 5.68. The van der Waals surface area contributed by atoms with Crippen LogP contribution in [-0.4, -0.2) is 82.1 Å². The molecule has 0 aliphatic carbocycles. The largest absolute Gasteiger partial charge is 0.479 e. The van der Waals surface area contributed by atoms with E-state index >= 15 is 0 Å². The number of imidazole rings is 1. The Morgan fingerprint density at radius 2 is 2.11 bits per heavy atom. The lowest BCUT2D eigenvalue weighted by Crippen LogP contribution is -2.71. The van der Waals surface area contributed by atoms with Gasteiger partial charge in [0, 0.05) is 28.9 Å². The number of nitrogen functional groups attached to an aromatic ring is 1. The number of anilines is 1. The van der Waals surface area contributed by atoms with Crippen molar-refractivity contribution in [2.45, 2.75) is 18.0 Å². The number of carboxylic acid groups (broad SMARTS) is 2. The Bertz CT molecular complexity index is 1530. The van der Waals surface area contributed by atoms with E-state index in [4.69, 9.17) is 10.8 Å². The molecule has 5 rings (SSSR count). The van der Waals surface area contributed by atoms with Gasteiger partial charge in [-0.05, 0) is 6.07 Å². The van der Waals surface area contributed by atoms with Crippen LogP contribution in [0, 0.1) is 0 Å². The summed E-state index contributed by atoms with van der Waals surface area (Å²) in [5.41, 5.74) is 6.37. The number of hydrogen-bond acceptors (Lipinski definition) is 11. The summed E-state index contributed by atoms with van der Waals surface area (Å²) in [7, 11) is 0. The van der Waals surface area contributed by atoms with Gasteiger partial charge in [0.1, 0.15) is 36.1 Å². The fraction of sp³-hybridized carbons (Fsp3) is 0.238. The predicted molar refractivity (Wildman–Crippen MR) is 132 cm³/mol. The Balaban J connectivity index is 1.36. The Labute approximate surface area is 221 Å². The summed E-state index contributed by atoms with van der Waals surface area (Å²) in [6.45, 7) is -0.562. The van der Waals surface area contributed by atoms with E-state index in [1.807, 2.05) is 45.8 Å². The summed E-state index contributed by atoms with van der Waals surface area (Å²) >= 11 is 2.09. The van der Waals surface area contributed by atoms with Crippen molar-refractivity contribution in [2.24, 2.45) is 5.16 Å². The predicted octanol–water partition coefficient (Wildman–Crippen LogP) is -1.10. The normalized spacial score (nSPS) is 19.2. The minimum Gasteiger partial charge on any atom is -0.479 e. The number of rotatable bonds is 9. The topological polar surface area (TPSA) is 206 Å². The van der Waals surface area contributed by atoms with E-state index in [2.05, 4.69) is 24.7 Å². The monoisotopic (exact) mass is 559 g/mol. The third-order valence-corrected chi connectivity index (χ3v) is 7.56. The summed E-state index contributed by atoms with van der Waals surface area (Å²) in [5.74, 6) is -3.99. The number of aliphatic carboxylic acids is 2. The fourth-order valence-corrected chi connectivity index (χ4v) is 5.84. The number of carbonyl (C=O) groups excluding carboxylic acids is 2. The first-order chi connectivity index (χ1) is 18.2. The van der Waals surface area contributed by atoms with Gasteiger partial charge in [-0.1, -0.05) is 11.2 Å². The average Bonchev–Trinajstić information content (AvgIpc) is 3.50. The standard InChI is InChI=1S/C21H18N8O7S2/c22-21-24-16(26-38-21)13(25-36-8-12(30)31)17(32)23-14-18(33)29-15(20(34)35)10(9-37-19(14)29)7-28-6-5-27-4-2-1-3-11(27)28/h1-6,14,19H,7-9H2,(H4-,22,23,24,26,30,31,32,34,35)/p+1/t14-,19+/m1/s1. The van der Waals surface area contributed by atoms with E-state index in [-0.39, 0.29) is 23.2 Å². The zero-order valence-electron chi connectivity index (χ0n) is 19.3. The first-order valence-electron chi connectivity index (χ1n) is 10.9. The zero-order valence-corrected chi connectivity index (χ0v) is 20.9. The molecule has 0 unspecified atom stereocenters. The van der Waals surface area contributed by atoms with Crippen LogP contribution in [0.1, 0.15) is 5.82 Å². The molecule has 0 aromatic carbocycles. The second-order valence-corrected chi connectivity index (χ2v) is 9.96. The first kappa shape index (κ1) is 25.2. The molecule has 2 amide bonds. The maximum atomic E-state index is 13.1. The number of aromatic nitrogens is 4. The van der Waals surface area contributed by atoms with E-state index in [0.29, 0.717) is 11.3 Å². The molecule has 2 aliphatic rings. The van der Waals surface area contributed by atoms with Gasteiger partial charge in [0.25, 0.3) is 17.5 Å². The van der Waals surface area contributed by atoms with Crippen molar-refractivity contribution in [3.8, 4) is 0 Å². The molecule has 5 N–H and O–H groups in total. The van der Waals surface area contributed by atoms with E-state index in [9.17, 15) is 24.3 Å². The second kappa shape index (κ2) is 10.1. The number of pyridine rings is 1. The van der Waals surface area contributed by atoms with Gasteiger partial charge in [-0.2, -0.15) is 9.36 Å². The van der Waals surface area contributed by atoms with Crippen molar-refractivity contribution < 1.29 is 38.8 Å². The van der Waals surface area contributed by atoms with Crippen LogP contribution >= 0.6 is 23.3 Å². The van der Waals surface area contributed by atoms with Crippen molar-refractivity contribution in [3.63, 3.8) is 0 Å². The van der Waals surface area contributed by atoms with Crippen molar-refractivity contribution in [1.29, 1.82) is 0 Å². The number of carboxylic acids is 2. The highest BCUT2D eigenvalue weighted by molar-refractivity contribution is 8.00. The number of nitrogens with one attached hydrogen (secondary N) is 1. The van der Waals surface area contributed by atoms with E-state index in [1.165, 1.54) is 11.8 Å². The summed E-state index contributed by atoms with van der Waals surface area (Å²) < 4.78 is 7.66. The van der Waals surface area contributed by atoms with Gasteiger partial charge in [-0.25, -0.2) is 18.6 Å². The van der Waals surface area contributed by atoms with Crippen LogP contribution in [0.4, 0.5) is 5.13 Å². The Morgan fingerprint density at radius 1 is 1.29 bits per heavy atom. The minimum absolute atomic E-state index is 0.0325. The number of oxime groups is 1. The highest BCUT2D eigenvalue weighted by Crippen LogP contribution is 2.40. The van der Waals surface area contributed by atoms with Crippen molar-refractivity contribution in [1.82, 2.24) is 24.0 Å². The van der Waals surface area contributed by atoms with Crippen LogP contribution in [-0.2, 0) is 30.6 Å². The van der Waals surface area contributed by atoms with E-state index in [1.54, 1.807) is 0 Å². The molecule has 2 atom stereocenters. The van der Waals surface area contributed by atoms with Crippen LogP contribution in [0.5, 0.6) is 0 Å². The second-order valence-electron chi connectivity index (χ2n) is 8.07. The number of hydrogen-bond donors (Lipinski definition) is 4. The summed E-state index contributed by atoms with van der Waals surface area (Å²) in [5, 5.41) is 24.1. The highest BCUT2D eigenvalue weighted by Gasteiger charge is 2.54. The Hall–Kier alpha value is -4.51. The number of carbonyl (C=O) groups is 4.